The molecule has 1 saturated heterocycles. The van der Waals surface area contributed by atoms with E-state index in [0.717, 1.165) is 13.0 Å². The molecule has 0 saturated carbocycles. The van der Waals surface area contributed by atoms with Crippen LogP contribution < -0.4 is 0 Å². The fourth-order valence-corrected chi connectivity index (χ4v) is 2.44. The van der Waals surface area contributed by atoms with Gasteiger partial charge in [0.25, 0.3) is 0 Å². The highest BCUT2D eigenvalue weighted by Crippen LogP contribution is 2.22. The summed E-state index contributed by atoms with van der Waals surface area (Å²) in [7, 11) is 1.90. The maximum absolute atomic E-state index is 13.6. The van der Waals surface area contributed by atoms with Crippen molar-refractivity contribution in [3.8, 4) is 0 Å². The molecule has 1 aromatic heterocycles. The van der Waals surface area contributed by atoms with E-state index >= 15 is 0 Å². The first-order valence-corrected chi connectivity index (χ1v) is 7.04. The highest BCUT2D eigenvalue weighted by molar-refractivity contribution is 5.17. The summed E-state index contributed by atoms with van der Waals surface area (Å²) in [6.45, 7) is 2.40. The summed E-state index contributed by atoms with van der Waals surface area (Å²) in [6, 6.07) is 6.76. The predicted octanol–water partition coefficient (Wildman–Crippen LogP) is 2.34. The number of rotatable bonds is 5. The topological polar surface area (TPSA) is 51.4 Å². The quantitative estimate of drug-likeness (QED) is 0.846. The number of aromatic nitrogens is 2. The molecule has 6 heteroatoms. The molecule has 2 heterocycles. The molecule has 0 spiro atoms. The van der Waals surface area contributed by atoms with Crippen LogP contribution in [0.4, 0.5) is 4.39 Å². The van der Waals surface area contributed by atoms with Crippen LogP contribution in [0.15, 0.2) is 28.8 Å². The summed E-state index contributed by atoms with van der Waals surface area (Å²) in [5.74, 6) is 1.30. The Kier molecular flexibility index (Phi) is 4.26. The van der Waals surface area contributed by atoms with Gasteiger partial charge in [0.05, 0.1) is 13.2 Å². The standard InChI is InChI=1S/C15H18FN3O2/c1-19(8-11-4-2-3-5-13(11)16)9-14-17-15(18-21-14)12-6-7-20-10-12/h2-5,12H,6-10H2,1H3/t12-/m1/s1. The predicted molar refractivity (Wildman–Crippen MR) is 74.0 cm³/mol. The van der Waals surface area contributed by atoms with E-state index in [1.807, 2.05) is 18.0 Å². The Morgan fingerprint density at radius 2 is 2.19 bits per heavy atom. The lowest BCUT2D eigenvalue weighted by Gasteiger charge is -2.14. The molecule has 0 N–H and O–H groups in total. The second-order valence-electron chi connectivity index (χ2n) is 5.37. The van der Waals surface area contributed by atoms with Crippen molar-refractivity contribution >= 4 is 0 Å². The van der Waals surface area contributed by atoms with Gasteiger partial charge in [0.2, 0.25) is 5.89 Å². The SMILES string of the molecule is CN(Cc1nc([C@@H]2CCOC2)no1)Cc1ccccc1F. The second kappa shape index (κ2) is 6.32. The van der Waals surface area contributed by atoms with Crippen molar-refractivity contribution in [1.29, 1.82) is 0 Å². The number of hydrogen-bond donors (Lipinski definition) is 0. The van der Waals surface area contributed by atoms with Gasteiger partial charge in [0.1, 0.15) is 5.82 Å². The minimum absolute atomic E-state index is 0.196. The maximum Gasteiger partial charge on any atom is 0.240 e. The van der Waals surface area contributed by atoms with Crippen LogP contribution in [0.3, 0.4) is 0 Å². The molecule has 1 fully saturated rings. The molecule has 1 atom stereocenters. The average molecular weight is 291 g/mol. The molecule has 0 unspecified atom stereocenters. The minimum atomic E-state index is -0.196. The monoisotopic (exact) mass is 291 g/mol. The smallest absolute Gasteiger partial charge is 0.240 e. The summed E-state index contributed by atoms with van der Waals surface area (Å²) in [5.41, 5.74) is 0.656. The summed E-state index contributed by atoms with van der Waals surface area (Å²) in [6.07, 6.45) is 0.935. The van der Waals surface area contributed by atoms with Crippen molar-refractivity contribution in [2.75, 3.05) is 20.3 Å². The van der Waals surface area contributed by atoms with Gasteiger partial charge in [-0.3, -0.25) is 4.90 Å². The third kappa shape index (κ3) is 3.46. The summed E-state index contributed by atoms with van der Waals surface area (Å²) in [4.78, 5) is 6.35. The van der Waals surface area contributed by atoms with Gasteiger partial charge in [-0.05, 0) is 19.5 Å². The molecule has 0 aliphatic carbocycles. The summed E-state index contributed by atoms with van der Waals surface area (Å²) < 4.78 is 24.2. The van der Waals surface area contributed by atoms with E-state index in [0.29, 0.717) is 37.0 Å². The minimum Gasteiger partial charge on any atom is -0.381 e. The Labute approximate surface area is 122 Å². The molecule has 1 aliphatic rings. The van der Waals surface area contributed by atoms with Gasteiger partial charge in [0.15, 0.2) is 5.82 Å². The van der Waals surface area contributed by atoms with E-state index in [1.165, 1.54) is 6.07 Å². The molecule has 0 bridgehead atoms. The van der Waals surface area contributed by atoms with Crippen molar-refractivity contribution < 1.29 is 13.7 Å². The Morgan fingerprint density at radius 1 is 1.33 bits per heavy atom. The van der Waals surface area contributed by atoms with Gasteiger partial charge in [-0.2, -0.15) is 4.98 Å². The molecule has 0 amide bonds. The lowest BCUT2D eigenvalue weighted by molar-refractivity contribution is 0.192. The van der Waals surface area contributed by atoms with Gasteiger partial charge in [-0.15, -0.1) is 0 Å². The number of ether oxygens (including phenoxy) is 1. The van der Waals surface area contributed by atoms with Crippen molar-refractivity contribution in [3.05, 3.63) is 47.4 Å². The third-order valence-electron chi connectivity index (χ3n) is 3.58. The fraction of sp³-hybridized carbons (Fsp3) is 0.467. The zero-order chi connectivity index (χ0) is 14.7. The number of benzene rings is 1. The van der Waals surface area contributed by atoms with Crippen LogP contribution in [-0.4, -0.2) is 35.3 Å². The van der Waals surface area contributed by atoms with Crippen molar-refractivity contribution in [2.45, 2.75) is 25.4 Å². The van der Waals surface area contributed by atoms with Gasteiger partial charge in [-0.25, -0.2) is 4.39 Å². The zero-order valence-corrected chi connectivity index (χ0v) is 12.0. The van der Waals surface area contributed by atoms with E-state index in [2.05, 4.69) is 10.1 Å². The van der Waals surface area contributed by atoms with Crippen molar-refractivity contribution in [1.82, 2.24) is 15.0 Å². The van der Waals surface area contributed by atoms with Crippen LogP contribution in [0, 0.1) is 5.82 Å². The van der Waals surface area contributed by atoms with Crippen LogP contribution in [0.2, 0.25) is 0 Å². The highest BCUT2D eigenvalue weighted by Gasteiger charge is 2.23. The van der Waals surface area contributed by atoms with Crippen LogP contribution in [0.5, 0.6) is 0 Å². The van der Waals surface area contributed by atoms with Crippen LogP contribution in [-0.2, 0) is 17.8 Å². The molecule has 1 aliphatic heterocycles. The van der Waals surface area contributed by atoms with Crippen molar-refractivity contribution in [2.24, 2.45) is 0 Å². The van der Waals surface area contributed by atoms with Gasteiger partial charge in [0, 0.05) is 24.6 Å². The molecule has 2 aromatic rings. The van der Waals surface area contributed by atoms with E-state index in [9.17, 15) is 4.39 Å². The molecule has 112 valence electrons. The average Bonchev–Trinajstić information content (AvgIpc) is 3.12. The van der Waals surface area contributed by atoms with Gasteiger partial charge >= 0.3 is 0 Å². The first kappa shape index (κ1) is 14.2. The Balaban J connectivity index is 1.60. The number of halogens is 1. The van der Waals surface area contributed by atoms with Crippen LogP contribution in [0.1, 0.15) is 29.6 Å². The third-order valence-corrected chi connectivity index (χ3v) is 3.58. The maximum atomic E-state index is 13.6. The summed E-state index contributed by atoms with van der Waals surface area (Å²) >= 11 is 0. The van der Waals surface area contributed by atoms with Gasteiger partial charge in [-0.1, -0.05) is 23.4 Å². The normalized spacial score (nSPS) is 18.5. The van der Waals surface area contributed by atoms with Crippen LogP contribution >= 0.6 is 0 Å². The lowest BCUT2D eigenvalue weighted by atomic mass is 10.1. The fourth-order valence-electron chi connectivity index (χ4n) is 2.44. The van der Waals surface area contributed by atoms with E-state index < -0.39 is 0 Å². The molecule has 1 aromatic carbocycles. The molecular weight excluding hydrogens is 273 g/mol. The molecule has 5 nitrogen and oxygen atoms in total. The zero-order valence-electron chi connectivity index (χ0n) is 12.0. The Hall–Kier alpha value is -1.79. The second-order valence-corrected chi connectivity index (χ2v) is 5.37. The van der Waals surface area contributed by atoms with Crippen molar-refractivity contribution in [3.63, 3.8) is 0 Å². The Bertz CT molecular complexity index is 596. The first-order valence-electron chi connectivity index (χ1n) is 7.04. The molecule has 3 rings (SSSR count). The lowest BCUT2D eigenvalue weighted by Crippen LogP contribution is -2.18. The van der Waals surface area contributed by atoms with Gasteiger partial charge < -0.3 is 9.26 Å². The van der Waals surface area contributed by atoms with E-state index in [1.54, 1.807) is 12.1 Å². The van der Waals surface area contributed by atoms with E-state index in [4.69, 9.17) is 9.26 Å². The largest absolute Gasteiger partial charge is 0.381 e. The van der Waals surface area contributed by atoms with E-state index in [-0.39, 0.29) is 11.7 Å². The molecule has 0 radical (unpaired) electrons. The Morgan fingerprint density at radius 3 is 2.95 bits per heavy atom. The molecule has 21 heavy (non-hydrogen) atoms. The van der Waals surface area contributed by atoms with Crippen LogP contribution in [0.25, 0.3) is 0 Å². The number of hydrogen-bond acceptors (Lipinski definition) is 5. The molecular formula is C15H18FN3O2. The highest BCUT2D eigenvalue weighted by atomic mass is 19.1. The first-order chi connectivity index (χ1) is 10.2. The summed E-state index contributed by atoms with van der Waals surface area (Å²) in [5, 5.41) is 4.01. The number of nitrogens with zero attached hydrogens (tertiary/aromatic N) is 3.